The summed E-state index contributed by atoms with van der Waals surface area (Å²) in [4.78, 5) is 25.8. The maximum atomic E-state index is 13.8. The van der Waals surface area contributed by atoms with Gasteiger partial charge in [-0.3, -0.25) is 9.59 Å². The topological polar surface area (TPSA) is 71.1 Å². The monoisotopic (exact) mass is 402 g/mol. The standard InChI is InChI=1S/C23H30O6/c1-20-7-5-15(24)9-14(20)3-4-16-17-6-8-22(21(17,2)10-18(25)19(16)20)23(29-13-27-22)11-26-12-28-23/h9,16-17,19H,3-8,10-13H2,1-2H3. The Balaban J connectivity index is 1.42. The van der Waals surface area contributed by atoms with E-state index in [2.05, 4.69) is 13.8 Å². The van der Waals surface area contributed by atoms with E-state index in [1.807, 2.05) is 6.08 Å². The molecule has 0 aromatic carbocycles. The van der Waals surface area contributed by atoms with Gasteiger partial charge in [-0.15, -0.1) is 0 Å². The van der Waals surface area contributed by atoms with Crippen molar-refractivity contribution < 1.29 is 28.5 Å². The molecule has 6 aliphatic rings. The molecule has 2 heterocycles. The van der Waals surface area contributed by atoms with E-state index in [-0.39, 0.29) is 36.1 Å². The summed E-state index contributed by atoms with van der Waals surface area (Å²) in [6.07, 6.45) is 7.48. The first kappa shape index (κ1) is 18.7. The van der Waals surface area contributed by atoms with Crippen LogP contribution in [0.4, 0.5) is 0 Å². The van der Waals surface area contributed by atoms with E-state index in [0.717, 1.165) is 32.1 Å². The minimum atomic E-state index is -0.884. The zero-order valence-corrected chi connectivity index (χ0v) is 17.3. The second kappa shape index (κ2) is 5.78. The Kier molecular flexibility index (Phi) is 3.72. The number of rotatable bonds is 0. The van der Waals surface area contributed by atoms with E-state index in [4.69, 9.17) is 18.9 Å². The molecule has 7 unspecified atom stereocenters. The van der Waals surface area contributed by atoms with Crippen LogP contribution in [-0.4, -0.2) is 43.1 Å². The fraction of sp³-hybridized carbons (Fsp3) is 0.826. The van der Waals surface area contributed by atoms with Crippen LogP contribution in [0.15, 0.2) is 11.6 Å². The van der Waals surface area contributed by atoms with Crippen molar-refractivity contribution in [1.29, 1.82) is 0 Å². The van der Waals surface area contributed by atoms with Gasteiger partial charge in [0.15, 0.2) is 19.4 Å². The van der Waals surface area contributed by atoms with Crippen LogP contribution in [0.5, 0.6) is 0 Å². The van der Waals surface area contributed by atoms with Gasteiger partial charge in [0.05, 0.1) is 0 Å². The number of Topliss-reactive ketones (excluding diaryl/α,β-unsaturated/α-hetero) is 1. The summed E-state index contributed by atoms with van der Waals surface area (Å²) in [6.45, 7) is 5.24. The molecule has 2 saturated heterocycles. The summed E-state index contributed by atoms with van der Waals surface area (Å²) < 4.78 is 24.0. The molecule has 0 radical (unpaired) electrons. The highest BCUT2D eigenvalue weighted by Crippen LogP contribution is 2.70. The molecule has 3 saturated carbocycles. The Bertz CT molecular complexity index is 807. The largest absolute Gasteiger partial charge is 0.350 e. The van der Waals surface area contributed by atoms with Crippen LogP contribution in [0.25, 0.3) is 0 Å². The van der Waals surface area contributed by atoms with Crippen LogP contribution < -0.4 is 0 Å². The molecule has 0 amide bonds. The van der Waals surface area contributed by atoms with Crippen molar-refractivity contribution in [3.05, 3.63) is 11.6 Å². The maximum Gasteiger partial charge on any atom is 0.226 e. The number of carbonyl (C=O) groups excluding carboxylic acids is 2. The van der Waals surface area contributed by atoms with Crippen molar-refractivity contribution in [1.82, 2.24) is 0 Å². The summed E-state index contributed by atoms with van der Waals surface area (Å²) in [5.41, 5.74) is 0.103. The lowest BCUT2D eigenvalue weighted by molar-refractivity contribution is -0.246. The van der Waals surface area contributed by atoms with Crippen molar-refractivity contribution in [3.8, 4) is 0 Å². The summed E-state index contributed by atoms with van der Waals surface area (Å²) in [7, 11) is 0. The maximum absolute atomic E-state index is 13.8. The molecule has 6 rings (SSSR count). The van der Waals surface area contributed by atoms with Crippen LogP contribution in [0.2, 0.25) is 0 Å². The van der Waals surface area contributed by atoms with E-state index in [9.17, 15) is 9.59 Å². The molecule has 6 nitrogen and oxygen atoms in total. The van der Waals surface area contributed by atoms with Gasteiger partial charge in [0.25, 0.3) is 0 Å². The first-order chi connectivity index (χ1) is 13.9. The lowest BCUT2D eigenvalue weighted by atomic mass is 9.45. The minimum Gasteiger partial charge on any atom is -0.350 e. The van der Waals surface area contributed by atoms with E-state index in [1.54, 1.807) is 0 Å². The van der Waals surface area contributed by atoms with Gasteiger partial charge in [0, 0.05) is 24.2 Å². The van der Waals surface area contributed by atoms with E-state index in [1.165, 1.54) is 5.57 Å². The van der Waals surface area contributed by atoms with Gasteiger partial charge in [0.1, 0.15) is 18.0 Å². The molecule has 0 aromatic rings. The van der Waals surface area contributed by atoms with Gasteiger partial charge < -0.3 is 18.9 Å². The Morgan fingerprint density at radius 2 is 1.83 bits per heavy atom. The Morgan fingerprint density at radius 1 is 1.00 bits per heavy atom. The van der Waals surface area contributed by atoms with Crippen LogP contribution in [0.3, 0.4) is 0 Å². The number of hydrogen-bond acceptors (Lipinski definition) is 6. The number of ketones is 2. The second-order valence-corrected chi connectivity index (χ2v) is 10.5. The predicted molar refractivity (Wildman–Crippen MR) is 102 cm³/mol. The first-order valence-electron chi connectivity index (χ1n) is 11.1. The highest BCUT2D eigenvalue weighted by Gasteiger charge is 2.76. The fourth-order valence-electron chi connectivity index (χ4n) is 8.36. The molecule has 4 aliphatic carbocycles. The third-order valence-electron chi connectivity index (χ3n) is 9.65. The molecule has 2 aliphatic heterocycles. The van der Waals surface area contributed by atoms with Crippen molar-refractivity contribution in [3.63, 3.8) is 0 Å². The van der Waals surface area contributed by atoms with Crippen LogP contribution in [-0.2, 0) is 28.5 Å². The predicted octanol–water partition coefficient (Wildman–Crippen LogP) is 3.14. The molecule has 29 heavy (non-hydrogen) atoms. The van der Waals surface area contributed by atoms with Gasteiger partial charge in [-0.2, -0.15) is 0 Å². The summed E-state index contributed by atoms with van der Waals surface area (Å²) in [6, 6.07) is 0. The minimum absolute atomic E-state index is 0.0165. The third kappa shape index (κ3) is 2.07. The summed E-state index contributed by atoms with van der Waals surface area (Å²) >= 11 is 0. The van der Waals surface area contributed by atoms with Gasteiger partial charge >= 0.3 is 0 Å². The van der Waals surface area contributed by atoms with Gasteiger partial charge in [-0.1, -0.05) is 19.4 Å². The lowest BCUT2D eigenvalue weighted by Crippen LogP contribution is -2.65. The normalized spacial score (nSPS) is 53.9. The van der Waals surface area contributed by atoms with Crippen molar-refractivity contribution in [2.75, 3.05) is 20.2 Å². The Labute approximate surface area is 171 Å². The average molecular weight is 402 g/mol. The van der Waals surface area contributed by atoms with Gasteiger partial charge in [-0.05, 0) is 55.4 Å². The number of fused-ring (bicyclic) bond motifs is 7. The fourth-order valence-corrected chi connectivity index (χ4v) is 8.36. The molecule has 0 aromatic heterocycles. The zero-order valence-electron chi connectivity index (χ0n) is 17.3. The Hall–Kier alpha value is -1.08. The summed E-state index contributed by atoms with van der Waals surface area (Å²) in [5.74, 6) is 0.416. The quantitative estimate of drug-likeness (QED) is 0.620. The van der Waals surface area contributed by atoms with Gasteiger partial charge in [-0.25, -0.2) is 0 Å². The van der Waals surface area contributed by atoms with E-state index >= 15 is 0 Å². The molecular weight excluding hydrogens is 372 g/mol. The molecule has 0 bridgehead atoms. The molecule has 158 valence electrons. The molecule has 5 fully saturated rings. The second-order valence-electron chi connectivity index (χ2n) is 10.5. The zero-order chi connectivity index (χ0) is 20.1. The van der Waals surface area contributed by atoms with Crippen molar-refractivity contribution >= 4 is 11.6 Å². The lowest BCUT2D eigenvalue weighted by Gasteiger charge is -2.59. The third-order valence-corrected chi connectivity index (χ3v) is 9.65. The van der Waals surface area contributed by atoms with Crippen LogP contribution in [0.1, 0.15) is 58.8 Å². The number of carbonyl (C=O) groups is 2. The van der Waals surface area contributed by atoms with E-state index < -0.39 is 11.4 Å². The number of allylic oxidation sites excluding steroid dienone is 1. The smallest absolute Gasteiger partial charge is 0.226 e. The van der Waals surface area contributed by atoms with Crippen molar-refractivity contribution in [2.45, 2.75) is 70.2 Å². The van der Waals surface area contributed by atoms with Crippen LogP contribution >= 0.6 is 0 Å². The SMILES string of the molecule is CC12CCC(=O)C=C1CCC1C2C(=O)CC2(C)C1CCC21OCOC12COCO2. The molecule has 7 atom stereocenters. The Morgan fingerprint density at radius 3 is 2.62 bits per heavy atom. The molecule has 6 heteroatoms. The average Bonchev–Trinajstić information content (AvgIpc) is 3.37. The molecule has 2 spiro atoms. The molecular formula is C23H30O6. The number of hydrogen-bond donors (Lipinski definition) is 0. The molecule has 0 N–H and O–H groups in total. The van der Waals surface area contributed by atoms with E-state index in [0.29, 0.717) is 37.1 Å². The van der Waals surface area contributed by atoms with Crippen molar-refractivity contribution in [2.24, 2.45) is 28.6 Å². The van der Waals surface area contributed by atoms with Crippen LogP contribution in [0, 0.1) is 28.6 Å². The number of ether oxygens (including phenoxy) is 4. The highest BCUT2D eigenvalue weighted by molar-refractivity contribution is 5.93. The first-order valence-corrected chi connectivity index (χ1v) is 11.1. The highest BCUT2D eigenvalue weighted by atomic mass is 16.9. The summed E-state index contributed by atoms with van der Waals surface area (Å²) in [5, 5.41) is 0. The van der Waals surface area contributed by atoms with Gasteiger partial charge in [0.2, 0.25) is 5.79 Å².